The summed E-state index contributed by atoms with van der Waals surface area (Å²) >= 11 is 0. The zero-order valence-electron chi connectivity index (χ0n) is 15.5. The molecule has 2 rings (SSSR count). The average molecular weight is 344 g/mol. The van der Waals surface area contributed by atoms with Crippen LogP contribution in [0.4, 0.5) is 0 Å². The molecule has 1 amide bonds. The number of rotatable bonds is 8. The zero-order valence-corrected chi connectivity index (χ0v) is 15.5. The average Bonchev–Trinajstić information content (AvgIpc) is 2.68. The fourth-order valence-electron chi connectivity index (χ4n) is 4.12. The molecule has 1 aliphatic carbocycles. The number of carbonyl (C=O) groups excluding carboxylic acids is 2. The standard InChI is InChI=1S/C21H32N2O2/c1-3-21(4-2,18-8-6-5-7-9-18)20(25)23-14-19(22)17-12-10-16(15-24)11-13-17/h5-9,15-17,19H,3-4,10-14,22H2,1-2H3,(H,23,25). The highest BCUT2D eigenvalue weighted by molar-refractivity contribution is 5.88. The second kappa shape index (κ2) is 9.14. The van der Waals surface area contributed by atoms with E-state index in [-0.39, 0.29) is 17.9 Å². The van der Waals surface area contributed by atoms with Crippen molar-refractivity contribution >= 4 is 12.2 Å². The second-order valence-electron chi connectivity index (χ2n) is 7.34. The molecule has 1 aliphatic rings. The number of nitrogens with two attached hydrogens (primary N) is 1. The molecular formula is C21H32N2O2. The minimum atomic E-state index is -0.490. The second-order valence-corrected chi connectivity index (χ2v) is 7.34. The molecule has 1 aromatic carbocycles. The van der Waals surface area contributed by atoms with Gasteiger partial charge in [0.1, 0.15) is 6.29 Å². The van der Waals surface area contributed by atoms with Crippen molar-refractivity contribution in [3.63, 3.8) is 0 Å². The molecule has 1 aromatic rings. The lowest BCUT2D eigenvalue weighted by Crippen LogP contribution is -2.49. The van der Waals surface area contributed by atoms with Crippen LogP contribution in [0.3, 0.4) is 0 Å². The molecule has 0 heterocycles. The molecule has 1 atom stereocenters. The highest BCUT2D eigenvalue weighted by Crippen LogP contribution is 2.32. The van der Waals surface area contributed by atoms with E-state index in [9.17, 15) is 9.59 Å². The van der Waals surface area contributed by atoms with Crippen LogP contribution in [0, 0.1) is 11.8 Å². The minimum Gasteiger partial charge on any atom is -0.354 e. The van der Waals surface area contributed by atoms with Crippen LogP contribution in [0.1, 0.15) is 57.9 Å². The van der Waals surface area contributed by atoms with Gasteiger partial charge in [0.25, 0.3) is 0 Å². The Morgan fingerprint density at radius 2 is 1.80 bits per heavy atom. The Bertz CT molecular complexity index is 546. The maximum absolute atomic E-state index is 13.0. The molecule has 4 heteroatoms. The van der Waals surface area contributed by atoms with Crippen LogP contribution >= 0.6 is 0 Å². The monoisotopic (exact) mass is 344 g/mol. The van der Waals surface area contributed by atoms with E-state index in [1.54, 1.807) is 0 Å². The van der Waals surface area contributed by atoms with Crippen LogP contribution < -0.4 is 11.1 Å². The third kappa shape index (κ3) is 4.49. The van der Waals surface area contributed by atoms with Crippen molar-refractivity contribution < 1.29 is 9.59 Å². The molecule has 25 heavy (non-hydrogen) atoms. The summed E-state index contributed by atoms with van der Waals surface area (Å²) in [6, 6.07) is 9.97. The first-order valence-corrected chi connectivity index (χ1v) is 9.62. The van der Waals surface area contributed by atoms with Gasteiger partial charge in [0.2, 0.25) is 5.91 Å². The van der Waals surface area contributed by atoms with Gasteiger partial charge < -0.3 is 15.8 Å². The molecular weight excluding hydrogens is 312 g/mol. The van der Waals surface area contributed by atoms with Gasteiger partial charge >= 0.3 is 0 Å². The molecule has 0 radical (unpaired) electrons. The third-order valence-electron chi connectivity index (χ3n) is 6.08. The van der Waals surface area contributed by atoms with Crippen LogP contribution in [0.15, 0.2) is 30.3 Å². The Kier molecular flexibility index (Phi) is 7.18. The van der Waals surface area contributed by atoms with Crippen molar-refractivity contribution in [3.8, 4) is 0 Å². The smallest absolute Gasteiger partial charge is 0.230 e. The van der Waals surface area contributed by atoms with E-state index in [4.69, 9.17) is 5.73 Å². The summed E-state index contributed by atoms with van der Waals surface area (Å²) in [5.41, 5.74) is 6.92. The molecule has 0 spiro atoms. The maximum Gasteiger partial charge on any atom is 0.230 e. The fraction of sp³-hybridized carbons (Fsp3) is 0.619. The lowest BCUT2D eigenvalue weighted by molar-refractivity contribution is -0.127. The molecule has 0 aliphatic heterocycles. The summed E-state index contributed by atoms with van der Waals surface area (Å²) in [7, 11) is 0. The van der Waals surface area contributed by atoms with Gasteiger partial charge in [-0.3, -0.25) is 4.79 Å². The molecule has 138 valence electrons. The van der Waals surface area contributed by atoms with E-state index in [1.807, 2.05) is 30.3 Å². The van der Waals surface area contributed by atoms with Crippen LogP contribution in [0.2, 0.25) is 0 Å². The van der Waals surface area contributed by atoms with Crippen molar-refractivity contribution in [3.05, 3.63) is 35.9 Å². The van der Waals surface area contributed by atoms with E-state index in [0.29, 0.717) is 12.5 Å². The summed E-state index contributed by atoms with van der Waals surface area (Å²) in [4.78, 5) is 23.9. The molecule has 3 N–H and O–H groups in total. The predicted molar refractivity (Wildman–Crippen MR) is 101 cm³/mol. The van der Waals surface area contributed by atoms with Crippen LogP contribution in [-0.4, -0.2) is 24.8 Å². The number of amides is 1. The topological polar surface area (TPSA) is 72.2 Å². The normalized spacial score (nSPS) is 22.2. The van der Waals surface area contributed by atoms with Gasteiger partial charge in [-0.15, -0.1) is 0 Å². The number of hydrogen-bond donors (Lipinski definition) is 2. The highest BCUT2D eigenvalue weighted by atomic mass is 16.2. The van der Waals surface area contributed by atoms with Crippen molar-refractivity contribution in [2.75, 3.05) is 6.54 Å². The van der Waals surface area contributed by atoms with Crippen LogP contribution in [0.5, 0.6) is 0 Å². The predicted octanol–water partition coefficient (Wildman–Crippen LogP) is 3.19. The van der Waals surface area contributed by atoms with E-state index in [0.717, 1.165) is 50.4 Å². The van der Waals surface area contributed by atoms with Crippen molar-refractivity contribution in [1.82, 2.24) is 5.32 Å². The molecule has 0 bridgehead atoms. The first kappa shape index (κ1) is 19.6. The Balaban J connectivity index is 1.96. The molecule has 0 saturated heterocycles. The van der Waals surface area contributed by atoms with Gasteiger partial charge in [-0.05, 0) is 50.0 Å². The van der Waals surface area contributed by atoms with E-state index >= 15 is 0 Å². The molecule has 1 saturated carbocycles. The maximum atomic E-state index is 13.0. The molecule has 4 nitrogen and oxygen atoms in total. The van der Waals surface area contributed by atoms with Gasteiger partial charge in [0.15, 0.2) is 0 Å². The number of aldehydes is 1. The summed E-state index contributed by atoms with van der Waals surface area (Å²) in [5, 5.41) is 3.11. The largest absolute Gasteiger partial charge is 0.354 e. The highest BCUT2D eigenvalue weighted by Gasteiger charge is 2.37. The summed E-state index contributed by atoms with van der Waals surface area (Å²) in [5.74, 6) is 0.663. The molecule has 0 aromatic heterocycles. The fourth-order valence-corrected chi connectivity index (χ4v) is 4.12. The SMILES string of the molecule is CCC(CC)(C(=O)NCC(N)C1CCC(C=O)CC1)c1ccccc1. The van der Waals surface area contributed by atoms with Gasteiger partial charge in [-0.2, -0.15) is 0 Å². The van der Waals surface area contributed by atoms with E-state index in [1.165, 1.54) is 0 Å². The number of nitrogens with one attached hydrogen (secondary N) is 1. The van der Waals surface area contributed by atoms with Crippen LogP contribution in [0.25, 0.3) is 0 Å². The lowest BCUT2D eigenvalue weighted by Gasteiger charge is -2.33. The molecule has 1 fully saturated rings. The van der Waals surface area contributed by atoms with Gasteiger partial charge in [0.05, 0.1) is 5.41 Å². The first-order chi connectivity index (χ1) is 12.1. The van der Waals surface area contributed by atoms with Gasteiger partial charge in [-0.1, -0.05) is 44.2 Å². The summed E-state index contributed by atoms with van der Waals surface area (Å²) in [6.45, 7) is 4.64. The zero-order chi connectivity index (χ0) is 18.3. The lowest BCUT2D eigenvalue weighted by atomic mass is 9.74. The Morgan fingerprint density at radius 3 is 2.32 bits per heavy atom. The minimum absolute atomic E-state index is 0.0428. The van der Waals surface area contributed by atoms with Gasteiger partial charge in [0, 0.05) is 18.5 Å². The number of carbonyl (C=O) groups is 2. The van der Waals surface area contributed by atoms with E-state index in [2.05, 4.69) is 19.2 Å². The Labute approximate surface area is 151 Å². The third-order valence-corrected chi connectivity index (χ3v) is 6.08. The molecule has 1 unspecified atom stereocenters. The van der Waals surface area contributed by atoms with Crippen molar-refractivity contribution in [2.45, 2.75) is 63.8 Å². The Morgan fingerprint density at radius 1 is 1.20 bits per heavy atom. The number of hydrogen-bond acceptors (Lipinski definition) is 3. The first-order valence-electron chi connectivity index (χ1n) is 9.62. The van der Waals surface area contributed by atoms with Crippen molar-refractivity contribution in [1.29, 1.82) is 0 Å². The van der Waals surface area contributed by atoms with Crippen LogP contribution in [-0.2, 0) is 15.0 Å². The van der Waals surface area contributed by atoms with Crippen molar-refractivity contribution in [2.24, 2.45) is 17.6 Å². The van der Waals surface area contributed by atoms with E-state index < -0.39 is 5.41 Å². The Hall–Kier alpha value is -1.68. The summed E-state index contributed by atoms with van der Waals surface area (Å²) < 4.78 is 0. The number of benzene rings is 1. The van der Waals surface area contributed by atoms with Gasteiger partial charge in [-0.25, -0.2) is 0 Å². The quantitative estimate of drug-likeness (QED) is 0.711. The summed E-state index contributed by atoms with van der Waals surface area (Å²) in [6.07, 6.45) is 6.40.